The van der Waals surface area contributed by atoms with E-state index in [4.69, 9.17) is 8.74 Å². The molecule has 0 saturated carbocycles. The summed E-state index contributed by atoms with van der Waals surface area (Å²) in [5.74, 6) is -0.0327. The smallest absolute Gasteiger partial charge is 0.389 e. The van der Waals surface area contributed by atoms with Gasteiger partial charge >= 0.3 is 16.4 Å². The van der Waals surface area contributed by atoms with Gasteiger partial charge in [-0.05, 0) is 12.8 Å². The molecule has 5 N–H and O–H groups in total. The molecule has 4 aliphatic rings. The van der Waals surface area contributed by atoms with Gasteiger partial charge in [0, 0.05) is 18.4 Å². The molecule has 3 amide bonds. The van der Waals surface area contributed by atoms with Crippen LogP contribution in [0.15, 0.2) is 4.99 Å². The highest BCUT2D eigenvalue weighted by atomic mass is 32.3. The molecule has 1 unspecified atom stereocenters. The third kappa shape index (κ3) is 3.54. The molecule has 156 valence electrons. The quantitative estimate of drug-likeness (QED) is 0.323. The van der Waals surface area contributed by atoms with Crippen molar-refractivity contribution in [3.05, 3.63) is 0 Å². The number of carbonyl (C=O) groups excluding carboxylic acids is 2. The molecule has 0 aromatic rings. The molecular formula is C15H23N5O7S. The summed E-state index contributed by atoms with van der Waals surface area (Å²) in [6.45, 7) is 2.29. The molecule has 4 aliphatic heterocycles. The summed E-state index contributed by atoms with van der Waals surface area (Å²) >= 11 is 0. The van der Waals surface area contributed by atoms with Gasteiger partial charge in [0.15, 0.2) is 5.96 Å². The van der Waals surface area contributed by atoms with E-state index in [-0.39, 0.29) is 24.4 Å². The van der Waals surface area contributed by atoms with Crippen molar-refractivity contribution in [2.45, 2.75) is 62.6 Å². The van der Waals surface area contributed by atoms with Gasteiger partial charge in [0.1, 0.15) is 0 Å². The lowest BCUT2D eigenvalue weighted by Gasteiger charge is -2.51. The lowest BCUT2D eigenvalue weighted by molar-refractivity contribution is -0.122. The predicted octanol–water partition coefficient (Wildman–Crippen LogP) is -2.06. The third-order valence-corrected chi connectivity index (χ3v) is 6.50. The van der Waals surface area contributed by atoms with Crippen LogP contribution in [-0.2, 0) is 19.4 Å². The Labute approximate surface area is 161 Å². The van der Waals surface area contributed by atoms with Crippen molar-refractivity contribution < 1.29 is 31.8 Å². The Morgan fingerprint density at radius 2 is 2.00 bits per heavy atom. The maximum Gasteiger partial charge on any atom is 0.397 e. The Bertz CT molecular complexity index is 802. The fourth-order valence-corrected chi connectivity index (χ4v) is 5.26. The first-order valence-corrected chi connectivity index (χ1v) is 10.5. The number of aliphatic hydroxyl groups excluding tert-OH is 1. The Kier molecular flexibility index (Phi) is 4.72. The number of imide groups is 1. The van der Waals surface area contributed by atoms with Crippen LogP contribution in [0.5, 0.6) is 0 Å². The van der Waals surface area contributed by atoms with Crippen LogP contribution < -0.4 is 16.0 Å². The molecule has 0 aliphatic carbocycles. The molecule has 0 radical (unpaired) electrons. The molecule has 7 atom stereocenters. The zero-order valence-corrected chi connectivity index (χ0v) is 15.9. The minimum atomic E-state index is -4.58. The molecule has 0 spiro atoms. The van der Waals surface area contributed by atoms with Crippen LogP contribution in [0.25, 0.3) is 0 Å². The van der Waals surface area contributed by atoms with Gasteiger partial charge in [-0.15, -0.1) is 0 Å². The van der Waals surface area contributed by atoms with Crippen molar-refractivity contribution in [3.8, 4) is 0 Å². The number of hydrogen-bond donors (Lipinski definition) is 5. The monoisotopic (exact) mass is 417 g/mol. The number of piperidine rings is 1. The Balaban J connectivity index is 1.51. The largest absolute Gasteiger partial charge is 0.397 e. The fraction of sp³-hybridized carbons (Fsp3) is 0.800. The zero-order valence-electron chi connectivity index (χ0n) is 15.1. The molecule has 13 heteroatoms. The summed E-state index contributed by atoms with van der Waals surface area (Å²) < 4.78 is 36.4. The van der Waals surface area contributed by atoms with E-state index in [2.05, 4.69) is 25.8 Å². The van der Waals surface area contributed by atoms with Crippen LogP contribution in [-0.4, -0.2) is 83.8 Å². The average molecular weight is 417 g/mol. The highest BCUT2D eigenvalue weighted by Crippen LogP contribution is 2.38. The number of rotatable bonds is 4. The van der Waals surface area contributed by atoms with Crippen LogP contribution in [0.3, 0.4) is 0 Å². The highest BCUT2D eigenvalue weighted by molar-refractivity contribution is 7.80. The van der Waals surface area contributed by atoms with Crippen LogP contribution in [0, 0.1) is 5.92 Å². The van der Waals surface area contributed by atoms with E-state index in [1.54, 1.807) is 0 Å². The van der Waals surface area contributed by atoms with Gasteiger partial charge in [-0.1, -0.05) is 6.92 Å². The molecule has 4 heterocycles. The number of aliphatic hydroxyl groups is 1. The molecule has 28 heavy (non-hydrogen) atoms. The van der Waals surface area contributed by atoms with Gasteiger partial charge in [0.25, 0.3) is 0 Å². The summed E-state index contributed by atoms with van der Waals surface area (Å²) in [6, 6.07) is -2.12. The second-order valence-corrected chi connectivity index (χ2v) is 8.81. The molecular weight excluding hydrogens is 394 g/mol. The van der Waals surface area contributed by atoms with Gasteiger partial charge < -0.3 is 20.6 Å². The molecule has 4 rings (SSSR count). The number of aliphatic imine (C=N–C) groups is 1. The van der Waals surface area contributed by atoms with Crippen molar-refractivity contribution in [1.82, 2.24) is 20.9 Å². The number of urea groups is 1. The van der Waals surface area contributed by atoms with Crippen molar-refractivity contribution in [3.63, 3.8) is 0 Å². The maximum atomic E-state index is 11.6. The van der Waals surface area contributed by atoms with E-state index in [9.17, 15) is 23.1 Å². The van der Waals surface area contributed by atoms with Crippen LogP contribution >= 0.6 is 0 Å². The first kappa shape index (κ1) is 19.4. The van der Waals surface area contributed by atoms with Gasteiger partial charge in [0.2, 0.25) is 5.91 Å². The number of amides is 3. The third-order valence-electron chi connectivity index (χ3n) is 6.01. The van der Waals surface area contributed by atoms with E-state index < -0.39 is 46.6 Å². The van der Waals surface area contributed by atoms with Gasteiger partial charge in [-0.3, -0.25) is 19.7 Å². The SMILES string of the molecule is C[C@@H]1[C@H](OS(=O)(=O)O)C[C@H]2C[C@@H]([C@@H](O)C3CC(=O)NC(=O)N3)NC3=NC[C@@H]1N32. The van der Waals surface area contributed by atoms with E-state index in [1.807, 2.05) is 6.92 Å². The number of nitrogens with one attached hydrogen (secondary N) is 3. The number of nitrogens with zero attached hydrogens (tertiary/aromatic N) is 2. The molecule has 0 aromatic heterocycles. The van der Waals surface area contributed by atoms with E-state index >= 15 is 0 Å². The average Bonchev–Trinajstić information content (AvgIpc) is 3.01. The number of guanidine groups is 1. The second-order valence-electron chi connectivity index (χ2n) is 7.76. The first-order valence-electron chi connectivity index (χ1n) is 9.16. The second kappa shape index (κ2) is 6.83. The van der Waals surface area contributed by atoms with Crippen LogP contribution in [0.1, 0.15) is 26.2 Å². The minimum Gasteiger partial charge on any atom is -0.389 e. The summed E-state index contributed by atoms with van der Waals surface area (Å²) in [5, 5.41) is 18.6. The number of carbonyl (C=O) groups is 2. The lowest BCUT2D eigenvalue weighted by atomic mass is 9.80. The Hall–Kier alpha value is -1.96. The maximum absolute atomic E-state index is 11.6. The topological polar surface area (TPSA) is 170 Å². The first-order chi connectivity index (χ1) is 13.1. The zero-order chi connectivity index (χ0) is 20.2. The van der Waals surface area contributed by atoms with Gasteiger partial charge in [-0.2, -0.15) is 8.42 Å². The van der Waals surface area contributed by atoms with Crippen molar-refractivity contribution in [2.24, 2.45) is 10.9 Å². The standard InChI is InChI=1S/C15H23N5O7S/c1-6-10-5-16-14-17-8(13(22)9-4-12(21)19-15(23)18-9)2-7(20(10)14)3-11(6)27-28(24,25)26/h6-11,13,22H,2-5H2,1H3,(H,16,17)(H,24,25,26)(H2,18,19,21,23)/t6-,7+,8-,9?,10-,11+,13+/m0/s1. The molecule has 0 aromatic carbocycles. The van der Waals surface area contributed by atoms with E-state index in [0.717, 1.165) is 0 Å². The predicted molar refractivity (Wildman–Crippen MR) is 94.5 cm³/mol. The summed E-state index contributed by atoms with van der Waals surface area (Å²) in [4.78, 5) is 29.7. The molecule has 3 saturated heterocycles. The van der Waals surface area contributed by atoms with Gasteiger partial charge in [0.05, 0.1) is 36.9 Å². The summed E-state index contributed by atoms with van der Waals surface area (Å²) in [5.41, 5.74) is 0. The molecule has 0 bridgehead atoms. The fourth-order valence-electron chi connectivity index (χ4n) is 4.69. The summed E-state index contributed by atoms with van der Waals surface area (Å²) in [7, 11) is -4.58. The molecule has 12 nitrogen and oxygen atoms in total. The van der Waals surface area contributed by atoms with E-state index in [0.29, 0.717) is 25.3 Å². The normalized spacial score (nSPS) is 38.7. The number of hydrogen-bond acceptors (Lipinski definition) is 9. The van der Waals surface area contributed by atoms with Crippen molar-refractivity contribution in [2.75, 3.05) is 6.54 Å². The lowest BCUT2D eigenvalue weighted by Crippen LogP contribution is -2.68. The van der Waals surface area contributed by atoms with Crippen molar-refractivity contribution >= 4 is 28.3 Å². The molecule has 3 fully saturated rings. The van der Waals surface area contributed by atoms with Crippen LogP contribution in [0.4, 0.5) is 4.79 Å². The van der Waals surface area contributed by atoms with Gasteiger partial charge in [-0.25, -0.2) is 8.98 Å². The Morgan fingerprint density at radius 3 is 2.68 bits per heavy atom. The highest BCUT2D eigenvalue weighted by Gasteiger charge is 2.51. The minimum absolute atomic E-state index is 0.0416. The Morgan fingerprint density at radius 1 is 1.25 bits per heavy atom. The van der Waals surface area contributed by atoms with Crippen molar-refractivity contribution in [1.29, 1.82) is 0 Å². The van der Waals surface area contributed by atoms with E-state index in [1.165, 1.54) is 0 Å². The van der Waals surface area contributed by atoms with Crippen LogP contribution in [0.2, 0.25) is 0 Å². The summed E-state index contributed by atoms with van der Waals surface area (Å²) in [6.07, 6.45) is -1.02.